The van der Waals surface area contributed by atoms with Crippen molar-refractivity contribution >= 4 is 43.1 Å². The molecule has 0 amide bonds. The second-order valence-corrected chi connectivity index (χ2v) is 10.9. The number of fused-ring (bicyclic) bond motifs is 11. The predicted molar refractivity (Wildman–Crippen MR) is 159 cm³/mol. The fourth-order valence-corrected chi connectivity index (χ4v) is 7.12. The lowest BCUT2D eigenvalue weighted by atomic mass is 9.77. The second kappa shape index (κ2) is 7.31. The molecule has 0 heteroatoms. The van der Waals surface area contributed by atoms with Crippen LogP contribution in [0, 0.1) is 0 Å². The minimum Gasteiger partial charge on any atom is -0.0616 e. The van der Waals surface area contributed by atoms with Crippen molar-refractivity contribution in [2.24, 2.45) is 0 Å². The van der Waals surface area contributed by atoms with Crippen LogP contribution in [0.15, 0.2) is 121 Å². The van der Waals surface area contributed by atoms with Crippen molar-refractivity contribution in [2.75, 3.05) is 0 Å². The Hall–Kier alpha value is -4.42. The summed E-state index contributed by atoms with van der Waals surface area (Å²) in [6.07, 6.45) is 0. The highest BCUT2D eigenvalue weighted by molar-refractivity contribution is 6.21. The molecule has 0 heterocycles. The van der Waals surface area contributed by atoms with Gasteiger partial charge in [-0.3, -0.25) is 0 Å². The maximum Gasteiger partial charge on any atom is 0.0171 e. The third-order valence-electron chi connectivity index (χ3n) is 8.58. The molecule has 0 N–H and O–H groups in total. The first-order valence-corrected chi connectivity index (χ1v) is 13.1. The molecular formula is C37H26. The van der Waals surface area contributed by atoms with Gasteiger partial charge in [0.15, 0.2) is 0 Å². The van der Waals surface area contributed by atoms with Crippen LogP contribution in [0.1, 0.15) is 25.0 Å². The molecule has 0 aliphatic heterocycles. The second-order valence-electron chi connectivity index (χ2n) is 10.9. The van der Waals surface area contributed by atoms with Crippen LogP contribution in [-0.4, -0.2) is 0 Å². The lowest BCUT2D eigenvalue weighted by Gasteiger charge is -2.25. The van der Waals surface area contributed by atoms with Crippen LogP contribution < -0.4 is 0 Å². The molecule has 0 unspecified atom stereocenters. The zero-order valence-corrected chi connectivity index (χ0v) is 21.0. The molecule has 0 spiro atoms. The summed E-state index contributed by atoms with van der Waals surface area (Å²) in [5.41, 5.74) is 8.18. The smallest absolute Gasteiger partial charge is 0.0171 e. The zero-order valence-electron chi connectivity index (χ0n) is 21.0. The van der Waals surface area contributed by atoms with Gasteiger partial charge in [-0.1, -0.05) is 129 Å². The largest absolute Gasteiger partial charge is 0.0616 e. The molecule has 0 radical (unpaired) electrons. The molecule has 37 heavy (non-hydrogen) atoms. The van der Waals surface area contributed by atoms with Crippen molar-refractivity contribution in [1.82, 2.24) is 0 Å². The van der Waals surface area contributed by atoms with Crippen LogP contribution in [0.3, 0.4) is 0 Å². The molecule has 0 nitrogen and oxygen atoms in total. The van der Waals surface area contributed by atoms with Gasteiger partial charge >= 0.3 is 0 Å². The van der Waals surface area contributed by atoms with Gasteiger partial charge in [-0.05, 0) is 82.5 Å². The molecule has 0 bridgehead atoms. The fraction of sp³-hybridized carbons (Fsp3) is 0.0811. The van der Waals surface area contributed by atoms with Gasteiger partial charge in [0, 0.05) is 5.41 Å². The van der Waals surface area contributed by atoms with Crippen molar-refractivity contribution < 1.29 is 0 Å². The first-order valence-electron chi connectivity index (χ1n) is 13.1. The monoisotopic (exact) mass is 470 g/mol. The van der Waals surface area contributed by atoms with Crippen molar-refractivity contribution in [3.05, 3.63) is 132 Å². The van der Waals surface area contributed by atoms with E-state index in [1.807, 2.05) is 0 Å². The van der Waals surface area contributed by atoms with E-state index in [4.69, 9.17) is 0 Å². The molecule has 0 fully saturated rings. The maximum absolute atomic E-state index is 2.49. The van der Waals surface area contributed by atoms with Crippen molar-refractivity contribution in [2.45, 2.75) is 19.3 Å². The van der Waals surface area contributed by atoms with E-state index in [0.29, 0.717) is 0 Å². The zero-order chi connectivity index (χ0) is 24.7. The quantitative estimate of drug-likeness (QED) is 0.209. The minimum atomic E-state index is -0.120. The summed E-state index contributed by atoms with van der Waals surface area (Å²) in [4.78, 5) is 0. The fourth-order valence-electron chi connectivity index (χ4n) is 7.12. The van der Waals surface area contributed by atoms with Crippen molar-refractivity contribution in [1.29, 1.82) is 0 Å². The summed E-state index contributed by atoms with van der Waals surface area (Å²) in [5, 5.41) is 10.7. The summed E-state index contributed by atoms with van der Waals surface area (Å²) < 4.78 is 0. The Bertz CT molecular complexity index is 2050. The molecule has 174 valence electrons. The Morgan fingerprint density at radius 2 is 0.892 bits per heavy atom. The van der Waals surface area contributed by atoms with E-state index in [1.165, 1.54) is 76.5 Å². The Morgan fingerprint density at radius 1 is 0.378 bits per heavy atom. The third-order valence-corrected chi connectivity index (χ3v) is 8.58. The van der Waals surface area contributed by atoms with Gasteiger partial charge in [-0.15, -0.1) is 0 Å². The predicted octanol–water partition coefficient (Wildman–Crippen LogP) is 10.3. The van der Waals surface area contributed by atoms with Gasteiger partial charge in [0.05, 0.1) is 0 Å². The summed E-state index contributed by atoms with van der Waals surface area (Å²) in [5.74, 6) is 0. The third kappa shape index (κ3) is 2.68. The molecule has 8 rings (SSSR count). The topological polar surface area (TPSA) is 0 Å². The van der Waals surface area contributed by atoms with Crippen LogP contribution in [0.4, 0.5) is 0 Å². The van der Waals surface area contributed by atoms with E-state index in [2.05, 4.69) is 135 Å². The van der Waals surface area contributed by atoms with Gasteiger partial charge < -0.3 is 0 Å². The highest BCUT2D eigenvalue weighted by atomic mass is 14.4. The summed E-state index contributed by atoms with van der Waals surface area (Å²) in [7, 11) is 0. The van der Waals surface area contributed by atoms with Gasteiger partial charge in [-0.25, -0.2) is 0 Å². The van der Waals surface area contributed by atoms with Crippen LogP contribution >= 0.6 is 0 Å². The Labute approximate surface area is 216 Å². The molecule has 0 atom stereocenters. The normalized spacial score (nSPS) is 13.9. The SMILES string of the molecule is CC1(C)c2c(cc(-c3cccc4ccccc34)c3ccccc23)-c2c1c1ccccc1c1ccccc21. The summed E-state index contributed by atoms with van der Waals surface area (Å²) in [6, 6.07) is 44.9. The molecule has 0 saturated heterocycles. The van der Waals surface area contributed by atoms with E-state index < -0.39 is 0 Å². The van der Waals surface area contributed by atoms with E-state index in [1.54, 1.807) is 0 Å². The van der Waals surface area contributed by atoms with Gasteiger partial charge in [-0.2, -0.15) is 0 Å². The van der Waals surface area contributed by atoms with E-state index in [9.17, 15) is 0 Å². The van der Waals surface area contributed by atoms with Gasteiger partial charge in [0.1, 0.15) is 0 Å². The highest BCUT2D eigenvalue weighted by Crippen LogP contribution is 2.57. The lowest BCUT2D eigenvalue weighted by Crippen LogP contribution is -2.16. The molecule has 1 aliphatic rings. The average molecular weight is 471 g/mol. The molecule has 0 aromatic heterocycles. The first kappa shape index (κ1) is 20.7. The summed E-state index contributed by atoms with van der Waals surface area (Å²) >= 11 is 0. The van der Waals surface area contributed by atoms with Crippen LogP contribution in [-0.2, 0) is 5.41 Å². The van der Waals surface area contributed by atoms with Gasteiger partial charge in [0.25, 0.3) is 0 Å². The minimum absolute atomic E-state index is 0.120. The molecular weight excluding hydrogens is 444 g/mol. The Kier molecular flexibility index (Phi) is 4.10. The number of hydrogen-bond donors (Lipinski definition) is 0. The number of rotatable bonds is 1. The number of hydrogen-bond acceptors (Lipinski definition) is 0. The highest BCUT2D eigenvalue weighted by Gasteiger charge is 2.40. The Balaban J connectivity index is 1.60. The van der Waals surface area contributed by atoms with E-state index in [-0.39, 0.29) is 5.41 Å². The molecule has 7 aromatic rings. The molecule has 0 saturated carbocycles. The maximum atomic E-state index is 2.49. The standard InChI is InChI=1S/C37H26/c1-37(2)35-30-19-9-7-17-28(30)32(25-21-11-13-23-12-3-4-14-24(23)25)22-33(35)34-29-18-8-5-15-26(29)27-16-6-10-20-31(27)36(34)37/h3-22H,1-2H3. The van der Waals surface area contributed by atoms with Crippen molar-refractivity contribution in [3.63, 3.8) is 0 Å². The Morgan fingerprint density at radius 3 is 1.62 bits per heavy atom. The van der Waals surface area contributed by atoms with Crippen LogP contribution in [0.25, 0.3) is 65.3 Å². The average Bonchev–Trinajstić information content (AvgIpc) is 3.19. The summed E-state index contributed by atoms with van der Waals surface area (Å²) in [6.45, 7) is 4.84. The van der Waals surface area contributed by atoms with E-state index >= 15 is 0 Å². The first-order chi connectivity index (χ1) is 18.1. The molecule has 7 aromatic carbocycles. The van der Waals surface area contributed by atoms with Crippen LogP contribution in [0.2, 0.25) is 0 Å². The molecule has 1 aliphatic carbocycles. The van der Waals surface area contributed by atoms with Crippen LogP contribution in [0.5, 0.6) is 0 Å². The number of benzene rings is 7. The van der Waals surface area contributed by atoms with E-state index in [0.717, 1.165) is 0 Å². The van der Waals surface area contributed by atoms with Gasteiger partial charge in [0.2, 0.25) is 0 Å². The lowest BCUT2D eigenvalue weighted by molar-refractivity contribution is 0.672. The van der Waals surface area contributed by atoms with Crippen molar-refractivity contribution in [3.8, 4) is 22.3 Å².